The van der Waals surface area contributed by atoms with Crippen LogP contribution < -0.4 is 10.5 Å². The van der Waals surface area contributed by atoms with Crippen LogP contribution in [0.1, 0.15) is 0 Å². The molecule has 21 heavy (non-hydrogen) atoms. The second kappa shape index (κ2) is 4.79. The topological polar surface area (TPSA) is 133 Å². The van der Waals surface area contributed by atoms with Gasteiger partial charge in [0.25, 0.3) is 11.2 Å². The van der Waals surface area contributed by atoms with Gasteiger partial charge in [-0.1, -0.05) is 0 Å². The van der Waals surface area contributed by atoms with Crippen molar-refractivity contribution in [2.75, 3.05) is 18.0 Å². The third-order valence-electron chi connectivity index (χ3n) is 3.53. The summed E-state index contributed by atoms with van der Waals surface area (Å²) in [5.41, 5.74) is -0.185. The summed E-state index contributed by atoms with van der Waals surface area (Å²) in [6.07, 6.45) is -0.714. The minimum absolute atomic E-state index is 0.0801. The maximum Gasteiger partial charge on any atom is 0.293 e. The molecule has 3 rings (SSSR count). The largest absolute Gasteiger partial charge is 0.389 e. The highest BCUT2D eigenvalue weighted by atomic mass is 16.6. The molecule has 1 aromatic heterocycles. The summed E-state index contributed by atoms with van der Waals surface area (Å²) in [7, 11) is 0. The zero-order valence-corrected chi connectivity index (χ0v) is 10.8. The van der Waals surface area contributed by atoms with Crippen molar-refractivity contribution in [1.29, 1.82) is 0 Å². The highest BCUT2D eigenvalue weighted by molar-refractivity contribution is 5.87. The lowest BCUT2D eigenvalue weighted by Crippen LogP contribution is -2.22. The Morgan fingerprint density at radius 3 is 2.62 bits per heavy atom. The highest BCUT2D eigenvalue weighted by Gasteiger charge is 2.33. The van der Waals surface area contributed by atoms with Gasteiger partial charge < -0.3 is 20.1 Å². The van der Waals surface area contributed by atoms with Crippen molar-refractivity contribution in [2.24, 2.45) is 0 Å². The Labute approximate surface area is 117 Å². The molecule has 9 heteroatoms. The van der Waals surface area contributed by atoms with E-state index in [1.54, 1.807) is 0 Å². The average molecular weight is 292 g/mol. The van der Waals surface area contributed by atoms with E-state index in [4.69, 9.17) is 0 Å². The summed E-state index contributed by atoms with van der Waals surface area (Å²) in [6, 6.07) is 2.58. The Hall–Kier alpha value is -2.52. The Bertz CT molecular complexity index is 764. The van der Waals surface area contributed by atoms with Crippen molar-refractivity contribution in [1.82, 2.24) is 9.97 Å². The van der Waals surface area contributed by atoms with Crippen LogP contribution in [0, 0.1) is 10.1 Å². The predicted molar refractivity (Wildman–Crippen MR) is 73.2 cm³/mol. The van der Waals surface area contributed by atoms with E-state index in [1.807, 2.05) is 0 Å². The van der Waals surface area contributed by atoms with Crippen molar-refractivity contribution in [3.8, 4) is 0 Å². The number of anilines is 1. The number of aliphatic hydroxyl groups is 2. The van der Waals surface area contributed by atoms with E-state index in [2.05, 4.69) is 9.97 Å². The number of rotatable bonds is 2. The van der Waals surface area contributed by atoms with Crippen molar-refractivity contribution in [3.63, 3.8) is 0 Å². The summed E-state index contributed by atoms with van der Waals surface area (Å²) in [5.74, 6) is 0. The smallest absolute Gasteiger partial charge is 0.293 e. The van der Waals surface area contributed by atoms with E-state index in [0.717, 1.165) is 6.07 Å². The van der Waals surface area contributed by atoms with Gasteiger partial charge in [-0.05, 0) is 6.07 Å². The quantitative estimate of drug-likeness (QED) is 0.496. The fraction of sp³-hybridized carbons (Fsp3) is 0.333. The molecule has 2 unspecified atom stereocenters. The molecule has 2 aromatic rings. The van der Waals surface area contributed by atoms with Crippen LogP contribution in [0.3, 0.4) is 0 Å². The molecular weight excluding hydrogens is 280 g/mol. The molecule has 0 amide bonds. The second-order valence-electron chi connectivity index (χ2n) is 4.89. The maximum atomic E-state index is 11.7. The van der Waals surface area contributed by atoms with Crippen LogP contribution in [0.2, 0.25) is 0 Å². The summed E-state index contributed by atoms with van der Waals surface area (Å²) in [4.78, 5) is 30.2. The monoisotopic (exact) mass is 292 g/mol. The number of nitrogens with one attached hydrogen (secondary N) is 1. The number of nitro benzene ring substituents is 1. The van der Waals surface area contributed by atoms with E-state index >= 15 is 0 Å². The minimum atomic E-state index is -0.965. The third-order valence-corrected chi connectivity index (χ3v) is 3.53. The van der Waals surface area contributed by atoms with Crippen molar-refractivity contribution in [2.45, 2.75) is 12.2 Å². The van der Waals surface area contributed by atoms with Crippen LogP contribution in [-0.2, 0) is 0 Å². The molecule has 2 heterocycles. The molecule has 1 aliphatic heterocycles. The van der Waals surface area contributed by atoms with Crippen LogP contribution in [0.25, 0.3) is 10.9 Å². The van der Waals surface area contributed by atoms with Gasteiger partial charge in [0.2, 0.25) is 0 Å². The molecule has 110 valence electrons. The normalized spacial score (nSPS) is 21.9. The minimum Gasteiger partial charge on any atom is -0.389 e. The number of aliphatic hydroxyl groups excluding tert-OH is 2. The van der Waals surface area contributed by atoms with E-state index in [-0.39, 0.29) is 29.9 Å². The van der Waals surface area contributed by atoms with E-state index in [9.17, 15) is 25.1 Å². The Balaban J connectivity index is 2.19. The molecular formula is C12H12N4O5. The van der Waals surface area contributed by atoms with Gasteiger partial charge in [0.15, 0.2) is 0 Å². The number of aromatic nitrogens is 2. The second-order valence-corrected chi connectivity index (χ2v) is 4.89. The number of fused-ring (bicyclic) bond motifs is 1. The zero-order valence-electron chi connectivity index (χ0n) is 10.8. The van der Waals surface area contributed by atoms with Crippen LogP contribution in [0.4, 0.5) is 11.4 Å². The first-order valence-electron chi connectivity index (χ1n) is 6.24. The molecule has 1 saturated heterocycles. The van der Waals surface area contributed by atoms with Gasteiger partial charge in [0.05, 0.1) is 34.4 Å². The fourth-order valence-electron chi connectivity index (χ4n) is 2.46. The average Bonchev–Trinajstić information content (AvgIpc) is 2.77. The molecule has 1 aliphatic rings. The van der Waals surface area contributed by atoms with Gasteiger partial charge in [-0.15, -0.1) is 0 Å². The van der Waals surface area contributed by atoms with Crippen LogP contribution in [-0.4, -0.2) is 50.4 Å². The molecule has 0 spiro atoms. The number of β-amino-alcohol motifs (C(OH)–C–C–N with tert-alkyl or cyclic N) is 2. The Morgan fingerprint density at radius 2 is 2.00 bits per heavy atom. The SMILES string of the molecule is O=c1[nH]cnc2cc(N3CC(O)C(O)C3)c([N+](=O)[O-])cc12. The summed E-state index contributed by atoms with van der Waals surface area (Å²) >= 11 is 0. The lowest BCUT2D eigenvalue weighted by atomic mass is 10.1. The number of hydrogen-bond acceptors (Lipinski definition) is 7. The number of nitrogens with zero attached hydrogens (tertiary/aromatic N) is 3. The van der Waals surface area contributed by atoms with E-state index < -0.39 is 22.7 Å². The van der Waals surface area contributed by atoms with Gasteiger partial charge in [-0.2, -0.15) is 0 Å². The molecule has 9 nitrogen and oxygen atoms in total. The predicted octanol–water partition coefficient (Wildman–Crippen LogP) is -0.627. The molecule has 0 bridgehead atoms. The van der Waals surface area contributed by atoms with Gasteiger partial charge in [-0.3, -0.25) is 14.9 Å². The Kier molecular flexibility index (Phi) is 3.07. The van der Waals surface area contributed by atoms with Crippen LogP contribution in [0.15, 0.2) is 23.3 Å². The molecule has 0 aliphatic carbocycles. The lowest BCUT2D eigenvalue weighted by molar-refractivity contribution is -0.384. The van der Waals surface area contributed by atoms with E-state index in [1.165, 1.54) is 17.3 Å². The van der Waals surface area contributed by atoms with Gasteiger partial charge in [-0.25, -0.2) is 4.98 Å². The van der Waals surface area contributed by atoms with Crippen LogP contribution >= 0.6 is 0 Å². The third kappa shape index (κ3) is 2.22. The number of H-pyrrole nitrogens is 1. The number of hydrogen-bond donors (Lipinski definition) is 3. The Morgan fingerprint density at radius 1 is 1.33 bits per heavy atom. The van der Waals surface area contributed by atoms with Crippen molar-refractivity contribution >= 4 is 22.3 Å². The summed E-state index contributed by atoms with van der Waals surface area (Å²) in [5, 5.41) is 30.5. The van der Waals surface area contributed by atoms with Crippen molar-refractivity contribution < 1.29 is 15.1 Å². The van der Waals surface area contributed by atoms with Gasteiger partial charge in [0.1, 0.15) is 5.69 Å². The van der Waals surface area contributed by atoms with Crippen LogP contribution in [0.5, 0.6) is 0 Å². The van der Waals surface area contributed by atoms with E-state index in [0.29, 0.717) is 5.52 Å². The van der Waals surface area contributed by atoms with Gasteiger partial charge in [0, 0.05) is 19.2 Å². The number of aromatic amines is 1. The van der Waals surface area contributed by atoms with Gasteiger partial charge >= 0.3 is 0 Å². The lowest BCUT2D eigenvalue weighted by Gasteiger charge is -2.17. The molecule has 0 radical (unpaired) electrons. The molecule has 3 N–H and O–H groups in total. The highest BCUT2D eigenvalue weighted by Crippen LogP contribution is 2.33. The van der Waals surface area contributed by atoms with Crippen molar-refractivity contribution in [3.05, 3.63) is 38.9 Å². The first-order chi connectivity index (χ1) is 9.97. The first-order valence-corrected chi connectivity index (χ1v) is 6.24. The molecule has 1 fully saturated rings. The standard InChI is InChI=1S/C12H12N4O5/c17-10-3-15(4-11(10)18)8-2-7-6(1-9(8)16(20)21)12(19)14-5-13-7/h1-2,5,10-11,17-18H,3-4H2,(H,13,14,19). The summed E-state index contributed by atoms with van der Waals surface area (Å²) in [6.45, 7) is 0.160. The number of nitro groups is 1. The maximum absolute atomic E-state index is 11.7. The zero-order chi connectivity index (χ0) is 15.1. The fourth-order valence-corrected chi connectivity index (χ4v) is 2.46. The summed E-state index contributed by atoms with van der Waals surface area (Å²) < 4.78 is 0. The first kappa shape index (κ1) is 13.5. The molecule has 2 atom stereocenters. The number of benzene rings is 1. The molecule has 0 saturated carbocycles. The molecule has 1 aromatic carbocycles.